The van der Waals surface area contributed by atoms with Gasteiger partial charge in [0.2, 0.25) is 0 Å². The number of nitrogens with one attached hydrogen (secondary N) is 1. The summed E-state index contributed by atoms with van der Waals surface area (Å²) in [4.78, 5) is 15.0. The predicted octanol–water partition coefficient (Wildman–Crippen LogP) is -0.101. The van der Waals surface area contributed by atoms with Crippen molar-refractivity contribution in [2.75, 3.05) is 13.2 Å². The summed E-state index contributed by atoms with van der Waals surface area (Å²) < 4.78 is 0. The fourth-order valence-electron chi connectivity index (χ4n) is 0.954. The number of aromatic nitrogens is 1. The molecule has 1 rings (SSSR count). The molecule has 0 saturated heterocycles. The van der Waals surface area contributed by atoms with Crippen LogP contribution in [0.15, 0.2) is 18.5 Å². The third-order valence-electron chi connectivity index (χ3n) is 1.67. The third kappa shape index (κ3) is 2.70. The lowest BCUT2D eigenvalue weighted by Crippen LogP contribution is -2.25. The van der Waals surface area contributed by atoms with Crippen molar-refractivity contribution in [1.82, 2.24) is 10.3 Å². The number of pyridine rings is 1. The van der Waals surface area contributed by atoms with Crippen molar-refractivity contribution in [3.8, 4) is 5.75 Å². The Bertz CT molecular complexity index is 315. The highest BCUT2D eigenvalue weighted by atomic mass is 16.3. The first-order valence-electron chi connectivity index (χ1n) is 4.27. The summed E-state index contributed by atoms with van der Waals surface area (Å²) in [6.07, 6.45) is 3.14. The molecule has 0 radical (unpaired) electrons. The van der Waals surface area contributed by atoms with E-state index in [2.05, 4.69) is 10.3 Å². The zero-order valence-corrected chi connectivity index (χ0v) is 7.60. The minimum Gasteiger partial charge on any atom is -0.505 e. The molecular formula is C9H12N2O3. The Labute approximate surface area is 81.4 Å². The summed E-state index contributed by atoms with van der Waals surface area (Å²) in [6.45, 7) is 0.416. The van der Waals surface area contributed by atoms with Gasteiger partial charge >= 0.3 is 0 Å². The lowest BCUT2D eigenvalue weighted by atomic mass is 10.2. The summed E-state index contributed by atoms with van der Waals surface area (Å²) in [5.41, 5.74) is 0.193. The van der Waals surface area contributed by atoms with Gasteiger partial charge in [-0.15, -0.1) is 0 Å². The average molecular weight is 196 g/mol. The molecule has 5 heteroatoms. The van der Waals surface area contributed by atoms with Crippen LogP contribution < -0.4 is 5.32 Å². The Morgan fingerprint density at radius 1 is 1.57 bits per heavy atom. The van der Waals surface area contributed by atoms with Crippen LogP contribution in [0, 0.1) is 0 Å². The van der Waals surface area contributed by atoms with E-state index in [1.54, 1.807) is 0 Å². The number of aliphatic hydroxyl groups excluding tert-OH is 1. The lowest BCUT2D eigenvalue weighted by molar-refractivity contribution is 0.0948. The molecule has 0 aliphatic heterocycles. The van der Waals surface area contributed by atoms with Crippen LogP contribution >= 0.6 is 0 Å². The van der Waals surface area contributed by atoms with Crippen LogP contribution in [0.2, 0.25) is 0 Å². The standard InChI is InChI=1S/C9H12N2O3/c12-5-1-3-11-9(14)7-2-4-10-6-8(7)13/h2,4,6,12-13H,1,3,5H2,(H,11,14). The van der Waals surface area contributed by atoms with Gasteiger partial charge in [-0.05, 0) is 12.5 Å². The fourth-order valence-corrected chi connectivity index (χ4v) is 0.954. The van der Waals surface area contributed by atoms with Crippen LogP contribution in [0.5, 0.6) is 5.75 Å². The molecule has 5 nitrogen and oxygen atoms in total. The highest BCUT2D eigenvalue weighted by Gasteiger charge is 2.08. The van der Waals surface area contributed by atoms with E-state index in [9.17, 15) is 9.90 Å². The molecule has 0 unspecified atom stereocenters. The summed E-state index contributed by atoms with van der Waals surface area (Å²) in [6, 6.07) is 1.43. The molecule has 0 spiro atoms. The van der Waals surface area contributed by atoms with E-state index in [0.717, 1.165) is 0 Å². The second kappa shape index (κ2) is 5.18. The molecule has 1 aromatic heterocycles. The van der Waals surface area contributed by atoms with E-state index in [-0.39, 0.29) is 23.8 Å². The molecule has 0 aromatic carbocycles. The van der Waals surface area contributed by atoms with Gasteiger partial charge in [0.1, 0.15) is 5.75 Å². The Kier molecular flexibility index (Phi) is 3.87. The number of carbonyl (C=O) groups is 1. The molecule has 0 atom stereocenters. The van der Waals surface area contributed by atoms with Gasteiger partial charge in [0.05, 0.1) is 11.8 Å². The van der Waals surface area contributed by atoms with Crippen LogP contribution in [0.3, 0.4) is 0 Å². The molecule has 0 fully saturated rings. The smallest absolute Gasteiger partial charge is 0.255 e. The molecule has 0 saturated carbocycles. The summed E-state index contributed by atoms with van der Waals surface area (Å²) in [5.74, 6) is -0.507. The molecule has 1 amide bonds. The van der Waals surface area contributed by atoms with Crippen molar-refractivity contribution in [1.29, 1.82) is 0 Å². The van der Waals surface area contributed by atoms with Crippen molar-refractivity contribution in [2.45, 2.75) is 6.42 Å². The highest BCUT2D eigenvalue weighted by Crippen LogP contribution is 2.12. The minimum atomic E-state index is -0.363. The molecule has 0 aliphatic rings. The SMILES string of the molecule is O=C(NCCCO)c1ccncc1O. The molecule has 76 valence electrons. The van der Waals surface area contributed by atoms with Gasteiger partial charge in [-0.2, -0.15) is 0 Å². The first kappa shape index (κ1) is 10.5. The predicted molar refractivity (Wildman–Crippen MR) is 49.9 cm³/mol. The van der Waals surface area contributed by atoms with E-state index >= 15 is 0 Å². The van der Waals surface area contributed by atoms with E-state index in [4.69, 9.17) is 5.11 Å². The summed E-state index contributed by atoms with van der Waals surface area (Å²) in [7, 11) is 0. The lowest BCUT2D eigenvalue weighted by Gasteiger charge is -2.04. The average Bonchev–Trinajstić information content (AvgIpc) is 2.18. The van der Waals surface area contributed by atoms with E-state index in [1.165, 1.54) is 18.5 Å². The number of hydrogen-bond acceptors (Lipinski definition) is 4. The molecule has 3 N–H and O–H groups in total. The Morgan fingerprint density at radius 3 is 3.00 bits per heavy atom. The number of aliphatic hydroxyl groups is 1. The number of nitrogens with zero attached hydrogens (tertiary/aromatic N) is 1. The number of rotatable bonds is 4. The molecule has 0 aliphatic carbocycles. The van der Waals surface area contributed by atoms with Crippen LogP contribution in [0.4, 0.5) is 0 Å². The van der Waals surface area contributed by atoms with Gasteiger partial charge in [0, 0.05) is 19.3 Å². The number of hydrogen-bond donors (Lipinski definition) is 3. The van der Waals surface area contributed by atoms with E-state index in [0.29, 0.717) is 13.0 Å². The van der Waals surface area contributed by atoms with Crippen LogP contribution in [-0.4, -0.2) is 34.3 Å². The maximum Gasteiger partial charge on any atom is 0.255 e. The van der Waals surface area contributed by atoms with Crippen LogP contribution in [0.1, 0.15) is 16.8 Å². The van der Waals surface area contributed by atoms with Gasteiger partial charge in [-0.3, -0.25) is 9.78 Å². The van der Waals surface area contributed by atoms with Crippen molar-refractivity contribution in [3.63, 3.8) is 0 Å². The molecular weight excluding hydrogens is 184 g/mol. The van der Waals surface area contributed by atoms with Crippen molar-refractivity contribution in [3.05, 3.63) is 24.0 Å². The van der Waals surface area contributed by atoms with Gasteiger partial charge in [0.15, 0.2) is 0 Å². The normalized spacial score (nSPS) is 9.79. The molecule has 1 aromatic rings. The summed E-state index contributed by atoms with van der Waals surface area (Å²) >= 11 is 0. The maximum atomic E-state index is 11.4. The largest absolute Gasteiger partial charge is 0.505 e. The Balaban J connectivity index is 2.56. The monoisotopic (exact) mass is 196 g/mol. The molecule has 1 heterocycles. The van der Waals surface area contributed by atoms with Gasteiger partial charge in [-0.25, -0.2) is 0 Å². The van der Waals surface area contributed by atoms with Gasteiger partial charge < -0.3 is 15.5 Å². The third-order valence-corrected chi connectivity index (χ3v) is 1.67. The maximum absolute atomic E-state index is 11.4. The molecule has 14 heavy (non-hydrogen) atoms. The van der Waals surface area contributed by atoms with Crippen molar-refractivity contribution >= 4 is 5.91 Å². The van der Waals surface area contributed by atoms with Gasteiger partial charge in [0.25, 0.3) is 5.91 Å². The first-order chi connectivity index (χ1) is 6.75. The van der Waals surface area contributed by atoms with E-state index in [1.807, 2.05) is 0 Å². The topological polar surface area (TPSA) is 82.5 Å². The second-order valence-corrected chi connectivity index (χ2v) is 2.73. The van der Waals surface area contributed by atoms with Crippen LogP contribution in [0.25, 0.3) is 0 Å². The van der Waals surface area contributed by atoms with Crippen molar-refractivity contribution in [2.24, 2.45) is 0 Å². The van der Waals surface area contributed by atoms with Crippen molar-refractivity contribution < 1.29 is 15.0 Å². The molecule has 0 bridgehead atoms. The van der Waals surface area contributed by atoms with Crippen LogP contribution in [-0.2, 0) is 0 Å². The zero-order chi connectivity index (χ0) is 10.4. The quantitative estimate of drug-likeness (QED) is 0.587. The summed E-state index contributed by atoms with van der Waals surface area (Å²) in [5, 5.41) is 20.3. The second-order valence-electron chi connectivity index (χ2n) is 2.73. The number of aromatic hydroxyl groups is 1. The first-order valence-corrected chi connectivity index (χ1v) is 4.27. The number of amides is 1. The highest BCUT2D eigenvalue weighted by molar-refractivity contribution is 5.96. The fraction of sp³-hybridized carbons (Fsp3) is 0.333. The number of carbonyl (C=O) groups excluding carboxylic acids is 1. The Morgan fingerprint density at radius 2 is 2.36 bits per heavy atom. The Hall–Kier alpha value is -1.62. The zero-order valence-electron chi connectivity index (χ0n) is 7.60. The minimum absolute atomic E-state index is 0.0304. The van der Waals surface area contributed by atoms with Gasteiger partial charge in [-0.1, -0.05) is 0 Å². The van der Waals surface area contributed by atoms with E-state index < -0.39 is 0 Å².